The van der Waals surface area contributed by atoms with Crippen LogP contribution in [0.5, 0.6) is 5.75 Å². The largest absolute Gasteiger partial charge is 0.483 e. The van der Waals surface area contributed by atoms with Gasteiger partial charge in [-0.05, 0) is 63.5 Å². The smallest absolute Gasteiger partial charge is 0.258 e. The minimum absolute atomic E-state index is 0.00547. The average Bonchev–Trinajstić information content (AvgIpc) is 2.59. The van der Waals surface area contributed by atoms with E-state index in [2.05, 4.69) is 73.2 Å². The molecule has 1 unspecified atom stereocenters. The predicted octanol–water partition coefficient (Wildman–Crippen LogP) is 5.57. The van der Waals surface area contributed by atoms with E-state index in [1.165, 1.54) is 11.1 Å². The Labute approximate surface area is 165 Å². The van der Waals surface area contributed by atoms with Gasteiger partial charge in [0.1, 0.15) is 5.75 Å². The molecular formula is C22H28BrNO2. The molecule has 0 saturated carbocycles. The van der Waals surface area contributed by atoms with Crippen LogP contribution in [0.1, 0.15) is 57.4 Å². The molecule has 1 amide bonds. The maximum absolute atomic E-state index is 12.2. The number of carbonyl (C=O) groups is 1. The number of amides is 1. The number of carbonyl (C=O) groups excluding carboxylic acids is 1. The average molecular weight is 418 g/mol. The Morgan fingerprint density at radius 2 is 1.81 bits per heavy atom. The molecular weight excluding hydrogens is 390 g/mol. The van der Waals surface area contributed by atoms with Crippen LogP contribution in [0.25, 0.3) is 0 Å². The van der Waals surface area contributed by atoms with E-state index in [9.17, 15) is 4.79 Å². The Morgan fingerprint density at radius 3 is 2.35 bits per heavy atom. The fourth-order valence-electron chi connectivity index (χ4n) is 2.66. The summed E-state index contributed by atoms with van der Waals surface area (Å²) in [5.41, 5.74) is 3.71. The van der Waals surface area contributed by atoms with Crippen LogP contribution in [0.4, 0.5) is 0 Å². The molecule has 0 radical (unpaired) electrons. The van der Waals surface area contributed by atoms with Gasteiger partial charge in [-0.15, -0.1) is 0 Å². The molecule has 3 nitrogen and oxygen atoms in total. The lowest BCUT2D eigenvalue weighted by Gasteiger charge is -2.21. The van der Waals surface area contributed by atoms with Crippen molar-refractivity contribution in [2.24, 2.45) is 0 Å². The van der Waals surface area contributed by atoms with Crippen molar-refractivity contribution in [1.82, 2.24) is 5.32 Å². The number of halogens is 1. The van der Waals surface area contributed by atoms with Gasteiger partial charge in [0.2, 0.25) is 0 Å². The molecule has 26 heavy (non-hydrogen) atoms. The van der Waals surface area contributed by atoms with Gasteiger partial charge in [-0.25, -0.2) is 0 Å². The first-order valence-electron chi connectivity index (χ1n) is 9.01. The summed E-state index contributed by atoms with van der Waals surface area (Å²) in [5, 5.41) is 2.99. The third kappa shape index (κ3) is 5.60. The molecule has 1 N–H and O–H groups in total. The lowest BCUT2D eigenvalue weighted by Crippen LogP contribution is -2.31. The van der Waals surface area contributed by atoms with Gasteiger partial charge >= 0.3 is 0 Å². The van der Waals surface area contributed by atoms with E-state index < -0.39 is 0 Å². The molecule has 0 bridgehead atoms. The second-order valence-electron chi connectivity index (χ2n) is 7.57. The molecule has 0 spiro atoms. The number of rotatable bonds is 6. The van der Waals surface area contributed by atoms with E-state index in [1.54, 1.807) is 0 Å². The molecule has 2 aromatic rings. The van der Waals surface area contributed by atoms with Gasteiger partial charge in [0.05, 0.1) is 10.5 Å². The number of hydrogen-bond donors (Lipinski definition) is 1. The van der Waals surface area contributed by atoms with Gasteiger partial charge in [-0.3, -0.25) is 4.79 Å². The molecule has 0 aromatic heterocycles. The first-order valence-corrected chi connectivity index (χ1v) is 9.81. The van der Waals surface area contributed by atoms with E-state index >= 15 is 0 Å². The fraction of sp³-hybridized carbons (Fsp3) is 0.409. The van der Waals surface area contributed by atoms with Crippen molar-refractivity contribution in [3.05, 3.63) is 63.6 Å². The number of hydrogen-bond acceptors (Lipinski definition) is 2. The Hall–Kier alpha value is -1.81. The molecule has 0 aliphatic carbocycles. The lowest BCUT2D eigenvalue weighted by atomic mass is 9.86. The second-order valence-corrected chi connectivity index (χ2v) is 8.42. The molecule has 0 heterocycles. The van der Waals surface area contributed by atoms with Crippen molar-refractivity contribution in [3.63, 3.8) is 0 Å². The predicted molar refractivity (Wildman–Crippen MR) is 111 cm³/mol. The first kappa shape index (κ1) is 20.5. The molecule has 2 rings (SSSR count). The zero-order valence-corrected chi connectivity index (χ0v) is 17.8. The highest BCUT2D eigenvalue weighted by molar-refractivity contribution is 9.10. The first-order chi connectivity index (χ1) is 12.2. The minimum Gasteiger partial charge on any atom is -0.483 e. The normalized spacial score (nSPS) is 12.5. The van der Waals surface area contributed by atoms with Crippen molar-refractivity contribution in [1.29, 1.82) is 0 Å². The fourth-order valence-corrected chi connectivity index (χ4v) is 3.20. The SMILES string of the molecule is CCc1ccc(OCC(=O)NC(C)c2ccc(C(C)(C)C)cc2)c(Br)c1. The van der Waals surface area contributed by atoms with Crippen LogP contribution in [-0.2, 0) is 16.6 Å². The molecule has 140 valence electrons. The zero-order chi connectivity index (χ0) is 19.3. The van der Waals surface area contributed by atoms with Crippen LogP contribution < -0.4 is 10.1 Å². The highest BCUT2D eigenvalue weighted by Gasteiger charge is 2.15. The van der Waals surface area contributed by atoms with Crippen molar-refractivity contribution < 1.29 is 9.53 Å². The van der Waals surface area contributed by atoms with Crippen LogP contribution in [0.3, 0.4) is 0 Å². The molecule has 0 saturated heterocycles. The third-order valence-electron chi connectivity index (χ3n) is 4.42. The summed E-state index contributed by atoms with van der Waals surface area (Å²) in [7, 11) is 0. The summed E-state index contributed by atoms with van der Waals surface area (Å²) in [5.74, 6) is 0.545. The standard InChI is InChI=1S/C22H28BrNO2/c1-6-16-7-12-20(19(23)13-16)26-14-21(25)24-15(2)17-8-10-18(11-9-17)22(3,4)5/h7-13,15H,6,14H2,1-5H3,(H,24,25). The number of benzene rings is 2. The van der Waals surface area contributed by atoms with Crippen molar-refractivity contribution in [2.75, 3.05) is 6.61 Å². The van der Waals surface area contributed by atoms with E-state index in [0.717, 1.165) is 16.5 Å². The molecule has 2 aromatic carbocycles. The van der Waals surface area contributed by atoms with Gasteiger partial charge in [0.15, 0.2) is 6.61 Å². The van der Waals surface area contributed by atoms with E-state index in [1.807, 2.05) is 25.1 Å². The Morgan fingerprint density at radius 1 is 1.15 bits per heavy atom. The number of aryl methyl sites for hydroxylation is 1. The van der Waals surface area contributed by atoms with Gasteiger partial charge in [0, 0.05) is 0 Å². The monoisotopic (exact) mass is 417 g/mol. The Kier molecular flexibility index (Phi) is 6.87. The number of ether oxygens (including phenoxy) is 1. The second kappa shape index (κ2) is 8.72. The minimum atomic E-state index is -0.135. The maximum atomic E-state index is 12.2. The summed E-state index contributed by atoms with van der Waals surface area (Å²) in [4.78, 5) is 12.2. The summed E-state index contributed by atoms with van der Waals surface area (Å²) in [6.45, 7) is 10.6. The molecule has 0 fully saturated rings. The summed E-state index contributed by atoms with van der Waals surface area (Å²) >= 11 is 3.49. The summed E-state index contributed by atoms with van der Waals surface area (Å²) in [6.07, 6.45) is 0.963. The number of nitrogens with one attached hydrogen (secondary N) is 1. The molecule has 0 aliphatic rings. The molecule has 1 atom stereocenters. The van der Waals surface area contributed by atoms with Crippen molar-refractivity contribution >= 4 is 21.8 Å². The van der Waals surface area contributed by atoms with Crippen LogP contribution in [0.2, 0.25) is 0 Å². The van der Waals surface area contributed by atoms with Gasteiger partial charge in [-0.1, -0.05) is 58.0 Å². The van der Waals surface area contributed by atoms with E-state index in [0.29, 0.717) is 5.75 Å². The third-order valence-corrected chi connectivity index (χ3v) is 5.04. The lowest BCUT2D eigenvalue weighted by molar-refractivity contribution is -0.123. The Bertz CT molecular complexity index is 748. The van der Waals surface area contributed by atoms with Crippen molar-refractivity contribution in [3.8, 4) is 5.75 Å². The van der Waals surface area contributed by atoms with Crippen LogP contribution in [0, 0.1) is 0 Å². The maximum Gasteiger partial charge on any atom is 0.258 e. The van der Waals surface area contributed by atoms with Gasteiger partial charge < -0.3 is 10.1 Å². The highest BCUT2D eigenvalue weighted by Crippen LogP contribution is 2.26. The highest BCUT2D eigenvalue weighted by atomic mass is 79.9. The van der Waals surface area contributed by atoms with E-state index in [-0.39, 0.29) is 24.0 Å². The molecule has 4 heteroatoms. The van der Waals surface area contributed by atoms with Crippen LogP contribution >= 0.6 is 15.9 Å². The zero-order valence-electron chi connectivity index (χ0n) is 16.2. The quantitative estimate of drug-likeness (QED) is 0.667. The summed E-state index contributed by atoms with van der Waals surface area (Å²) in [6, 6.07) is 14.3. The van der Waals surface area contributed by atoms with Crippen LogP contribution in [-0.4, -0.2) is 12.5 Å². The molecule has 0 aliphatic heterocycles. The van der Waals surface area contributed by atoms with Gasteiger partial charge in [-0.2, -0.15) is 0 Å². The Balaban J connectivity index is 1.91. The summed E-state index contributed by atoms with van der Waals surface area (Å²) < 4.78 is 6.51. The topological polar surface area (TPSA) is 38.3 Å². The van der Waals surface area contributed by atoms with Crippen LogP contribution in [0.15, 0.2) is 46.9 Å². The van der Waals surface area contributed by atoms with Crippen molar-refractivity contribution in [2.45, 2.75) is 52.5 Å². The van der Waals surface area contributed by atoms with Gasteiger partial charge in [0.25, 0.3) is 5.91 Å². The van der Waals surface area contributed by atoms with E-state index in [4.69, 9.17) is 4.74 Å².